The first-order valence-electron chi connectivity index (χ1n) is 6.03. The largest absolute Gasteiger partial charge is 0.452 e. The Morgan fingerprint density at radius 1 is 1.14 bits per heavy atom. The number of esters is 1. The second-order valence-corrected chi connectivity index (χ2v) is 4.19. The molecule has 0 saturated carbocycles. The molecule has 0 unspecified atom stereocenters. The topological polar surface area (TPSA) is 130 Å². The summed E-state index contributed by atoms with van der Waals surface area (Å²) in [5, 5.41) is 0.818. The summed E-state index contributed by atoms with van der Waals surface area (Å²) in [6.45, 7) is -0.174. The van der Waals surface area contributed by atoms with Gasteiger partial charge in [0.05, 0.1) is 0 Å². The van der Waals surface area contributed by atoms with Crippen LogP contribution in [0.2, 0.25) is 0 Å². The van der Waals surface area contributed by atoms with Crippen LogP contribution in [0.3, 0.4) is 0 Å². The van der Waals surface area contributed by atoms with Gasteiger partial charge < -0.3 is 20.6 Å². The number of benzene rings is 1. The molecule has 8 heteroatoms. The van der Waals surface area contributed by atoms with E-state index in [9.17, 15) is 4.79 Å². The van der Waals surface area contributed by atoms with Crippen LogP contribution in [0.5, 0.6) is 0 Å². The molecule has 1 aromatic carbocycles. The minimum absolute atomic E-state index is 0.0303. The molecule has 0 atom stereocenters. The smallest absolute Gasteiger partial charge is 0.374 e. The Morgan fingerprint density at radius 2 is 1.86 bits per heavy atom. The zero-order valence-corrected chi connectivity index (χ0v) is 10.8. The summed E-state index contributed by atoms with van der Waals surface area (Å²) in [5.41, 5.74) is 11.5. The first-order valence-corrected chi connectivity index (χ1v) is 6.03. The van der Waals surface area contributed by atoms with Gasteiger partial charge in [0.25, 0.3) is 0 Å². The molecule has 2 aromatic heterocycles. The summed E-state index contributed by atoms with van der Waals surface area (Å²) in [6.07, 6.45) is 0. The van der Waals surface area contributed by atoms with Crippen LogP contribution in [0, 0.1) is 0 Å². The number of hydrogen-bond donors (Lipinski definition) is 2. The van der Waals surface area contributed by atoms with E-state index in [1.54, 1.807) is 12.1 Å². The number of nitrogen functional groups attached to an aromatic ring is 2. The van der Waals surface area contributed by atoms with Crippen molar-refractivity contribution >= 4 is 28.8 Å². The Morgan fingerprint density at radius 3 is 2.57 bits per heavy atom. The predicted octanol–water partition coefficient (Wildman–Crippen LogP) is 1.14. The maximum absolute atomic E-state index is 11.9. The molecular weight excluding hydrogens is 274 g/mol. The van der Waals surface area contributed by atoms with Crippen molar-refractivity contribution in [3.8, 4) is 0 Å². The number of hydrogen-bond acceptors (Lipinski definition) is 8. The molecule has 0 amide bonds. The standard InChI is InChI=1S/C13H11N5O3/c14-12-16-10(17-13(15)18-12)6-20-11(19)9-5-7-3-1-2-4-8(7)21-9/h1-5H,6H2,(H4,14,15,16,17,18). The maximum atomic E-state index is 11.9. The van der Waals surface area contributed by atoms with Gasteiger partial charge in [-0.05, 0) is 12.1 Å². The quantitative estimate of drug-likeness (QED) is 0.685. The molecule has 106 valence electrons. The van der Waals surface area contributed by atoms with Gasteiger partial charge in [-0.3, -0.25) is 0 Å². The number of aromatic nitrogens is 3. The van der Waals surface area contributed by atoms with E-state index < -0.39 is 5.97 Å². The summed E-state index contributed by atoms with van der Waals surface area (Å²) in [4.78, 5) is 23.2. The molecule has 3 aromatic rings. The van der Waals surface area contributed by atoms with E-state index in [2.05, 4.69) is 15.0 Å². The first kappa shape index (κ1) is 12.9. The molecule has 0 saturated heterocycles. The number of ether oxygens (including phenoxy) is 1. The number of anilines is 2. The van der Waals surface area contributed by atoms with Crippen molar-refractivity contribution < 1.29 is 13.9 Å². The summed E-state index contributed by atoms with van der Waals surface area (Å²) in [5.74, 6) is -0.408. The summed E-state index contributed by atoms with van der Waals surface area (Å²) >= 11 is 0. The Kier molecular flexibility index (Phi) is 3.11. The van der Waals surface area contributed by atoms with Gasteiger partial charge in [0.1, 0.15) is 5.58 Å². The SMILES string of the molecule is Nc1nc(N)nc(COC(=O)c2cc3ccccc3o2)n1. The van der Waals surface area contributed by atoms with Crippen LogP contribution < -0.4 is 11.5 Å². The predicted molar refractivity (Wildman–Crippen MR) is 74.0 cm³/mol. The van der Waals surface area contributed by atoms with Crippen LogP contribution >= 0.6 is 0 Å². The number of rotatable bonds is 3. The lowest BCUT2D eigenvalue weighted by Gasteiger charge is -2.02. The van der Waals surface area contributed by atoms with Gasteiger partial charge in [-0.25, -0.2) is 4.79 Å². The van der Waals surface area contributed by atoms with Gasteiger partial charge in [0.15, 0.2) is 12.4 Å². The zero-order chi connectivity index (χ0) is 14.8. The average molecular weight is 285 g/mol. The van der Waals surface area contributed by atoms with Crippen LogP contribution in [-0.4, -0.2) is 20.9 Å². The van der Waals surface area contributed by atoms with Crippen molar-refractivity contribution in [1.82, 2.24) is 15.0 Å². The van der Waals surface area contributed by atoms with E-state index in [1.807, 2.05) is 18.2 Å². The second kappa shape index (κ2) is 5.08. The van der Waals surface area contributed by atoms with E-state index in [0.29, 0.717) is 5.58 Å². The molecule has 8 nitrogen and oxygen atoms in total. The van der Waals surface area contributed by atoms with Gasteiger partial charge in [0.2, 0.25) is 17.7 Å². The zero-order valence-electron chi connectivity index (χ0n) is 10.8. The Bertz CT molecular complexity index is 761. The minimum Gasteiger partial charge on any atom is -0.452 e. The molecular formula is C13H11N5O3. The highest BCUT2D eigenvalue weighted by molar-refractivity contribution is 5.92. The fourth-order valence-corrected chi connectivity index (χ4v) is 1.81. The molecule has 3 rings (SSSR count). The highest BCUT2D eigenvalue weighted by Crippen LogP contribution is 2.19. The van der Waals surface area contributed by atoms with E-state index >= 15 is 0 Å². The van der Waals surface area contributed by atoms with E-state index in [-0.39, 0.29) is 30.1 Å². The van der Waals surface area contributed by atoms with Crippen LogP contribution in [-0.2, 0) is 11.3 Å². The number of fused-ring (bicyclic) bond motifs is 1. The third kappa shape index (κ3) is 2.73. The lowest BCUT2D eigenvalue weighted by atomic mass is 10.2. The van der Waals surface area contributed by atoms with Crippen LogP contribution in [0.4, 0.5) is 11.9 Å². The van der Waals surface area contributed by atoms with Crippen molar-refractivity contribution in [2.75, 3.05) is 11.5 Å². The second-order valence-electron chi connectivity index (χ2n) is 4.19. The van der Waals surface area contributed by atoms with E-state index in [4.69, 9.17) is 20.6 Å². The fraction of sp³-hybridized carbons (Fsp3) is 0.0769. The number of furan rings is 1. The van der Waals surface area contributed by atoms with Crippen molar-refractivity contribution in [1.29, 1.82) is 0 Å². The molecule has 4 N–H and O–H groups in total. The molecule has 0 aliphatic heterocycles. The Balaban J connectivity index is 1.74. The Labute approximate surface area is 118 Å². The molecule has 21 heavy (non-hydrogen) atoms. The van der Waals surface area contributed by atoms with Gasteiger partial charge in [-0.15, -0.1) is 0 Å². The normalized spacial score (nSPS) is 10.7. The van der Waals surface area contributed by atoms with E-state index in [0.717, 1.165) is 5.39 Å². The van der Waals surface area contributed by atoms with Gasteiger partial charge >= 0.3 is 5.97 Å². The molecule has 0 spiro atoms. The van der Waals surface area contributed by atoms with Crippen molar-refractivity contribution in [3.05, 3.63) is 41.9 Å². The summed E-state index contributed by atoms with van der Waals surface area (Å²) in [6, 6.07) is 8.87. The molecule has 0 fully saturated rings. The number of carbonyl (C=O) groups is 1. The number of nitrogens with two attached hydrogens (primary N) is 2. The number of para-hydroxylation sites is 1. The summed E-state index contributed by atoms with van der Waals surface area (Å²) in [7, 11) is 0. The molecule has 2 heterocycles. The molecule has 0 aliphatic rings. The van der Waals surface area contributed by atoms with Crippen LogP contribution in [0.1, 0.15) is 16.4 Å². The van der Waals surface area contributed by atoms with Crippen molar-refractivity contribution in [2.24, 2.45) is 0 Å². The lowest BCUT2D eigenvalue weighted by Crippen LogP contribution is -2.10. The molecule has 0 bridgehead atoms. The summed E-state index contributed by atoms with van der Waals surface area (Å²) < 4.78 is 10.4. The average Bonchev–Trinajstić information content (AvgIpc) is 2.87. The monoisotopic (exact) mass is 285 g/mol. The van der Waals surface area contributed by atoms with Crippen molar-refractivity contribution in [3.63, 3.8) is 0 Å². The third-order valence-electron chi connectivity index (χ3n) is 2.68. The lowest BCUT2D eigenvalue weighted by molar-refractivity contribution is 0.0428. The van der Waals surface area contributed by atoms with Gasteiger partial charge in [0, 0.05) is 5.39 Å². The van der Waals surface area contributed by atoms with Gasteiger partial charge in [-0.2, -0.15) is 15.0 Å². The van der Waals surface area contributed by atoms with E-state index in [1.165, 1.54) is 0 Å². The first-order chi connectivity index (χ1) is 10.1. The minimum atomic E-state index is -0.622. The maximum Gasteiger partial charge on any atom is 0.374 e. The number of nitrogens with zero attached hydrogens (tertiary/aromatic N) is 3. The van der Waals surface area contributed by atoms with Crippen LogP contribution in [0.15, 0.2) is 34.7 Å². The highest BCUT2D eigenvalue weighted by Gasteiger charge is 2.14. The third-order valence-corrected chi connectivity index (χ3v) is 2.68. The highest BCUT2D eigenvalue weighted by atomic mass is 16.5. The molecule has 0 radical (unpaired) electrons. The number of carbonyl (C=O) groups excluding carboxylic acids is 1. The molecule has 0 aliphatic carbocycles. The fourth-order valence-electron chi connectivity index (χ4n) is 1.81. The van der Waals surface area contributed by atoms with Crippen LogP contribution in [0.25, 0.3) is 11.0 Å². The van der Waals surface area contributed by atoms with Crippen molar-refractivity contribution in [2.45, 2.75) is 6.61 Å². The van der Waals surface area contributed by atoms with Gasteiger partial charge in [-0.1, -0.05) is 18.2 Å². The Hall–Kier alpha value is -3.16.